The zero-order chi connectivity index (χ0) is 14.4. The van der Waals surface area contributed by atoms with Crippen molar-refractivity contribution >= 4 is 5.69 Å². The van der Waals surface area contributed by atoms with Crippen molar-refractivity contribution in [1.82, 2.24) is 0 Å². The van der Waals surface area contributed by atoms with E-state index in [2.05, 4.69) is 43.4 Å². The summed E-state index contributed by atoms with van der Waals surface area (Å²) in [5, 5.41) is 12.5. The van der Waals surface area contributed by atoms with E-state index in [0.717, 1.165) is 24.2 Å². The molecule has 0 aliphatic rings. The molecule has 0 amide bonds. The van der Waals surface area contributed by atoms with Gasteiger partial charge in [0.15, 0.2) is 0 Å². The number of aliphatic hydroxyl groups is 1. The van der Waals surface area contributed by atoms with Gasteiger partial charge >= 0.3 is 0 Å². The third-order valence-electron chi connectivity index (χ3n) is 3.27. The Kier molecular flexibility index (Phi) is 5.19. The fourth-order valence-corrected chi connectivity index (χ4v) is 2.25. The Morgan fingerprint density at radius 2 is 1.65 bits per heavy atom. The molecule has 0 aromatic heterocycles. The molecule has 20 heavy (non-hydrogen) atoms. The molecule has 2 nitrogen and oxygen atoms in total. The average Bonchev–Trinajstić information content (AvgIpc) is 2.46. The van der Waals surface area contributed by atoms with Crippen molar-refractivity contribution in [2.24, 2.45) is 5.92 Å². The smallest absolute Gasteiger partial charge is 0.0682 e. The molecule has 2 aromatic carbocycles. The van der Waals surface area contributed by atoms with E-state index in [1.807, 2.05) is 24.3 Å². The van der Waals surface area contributed by atoms with Crippen LogP contribution < -0.4 is 5.32 Å². The second-order valence-electron chi connectivity index (χ2n) is 5.63. The third-order valence-corrected chi connectivity index (χ3v) is 3.27. The van der Waals surface area contributed by atoms with Crippen molar-refractivity contribution in [2.45, 2.75) is 33.4 Å². The molecule has 0 radical (unpaired) electrons. The standard InChI is InChI=1S/C18H23NO/c1-14(2)10-15-6-8-16(9-7-15)12-19-18-5-3-4-17(11-18)13-20/h3-9,11,14,19-20H,10,12-13H2,1-2H3. The van der Waals surface area contributed by atoms with Crippen LogP contribution in [0.3, 0.4) is 0 Å². The van der Waals surface area contributed by atoms with Crippen LogP contribution in [0.4, 0.5) is 5.69 Å². The number of rotatable bonds is 6. The van der Waals surface area contributed by atoms with Gasteiger partial charge in [-0.3, -0.25) is 0 Å². The summed E-state index contributed by atoms with van der Waals surface area (Å²) in [6.07, 6.45) is 1.13. The summed E-state index contributed by atoms with van der Waals surface area (Å²) in [4.78, 5) is 0. The Morgan fingerprint density at radius 3 is 2.30 bits per heavy atom. The summed E-state index contributed by atoms with van der Waals surface area (Å²) in [5.41, 5.74) is 4.64. The first-order chi connectivity index (χ1) is 9.67. The van der Waals surface area contributed by atoms with E-state index in [9.17, 15) is 0 Å². The van der Waals surface area contributed by atoms with Gasteiger partial charge in [0.05, 0.1) is 6.61 Å². The Balaban J connectivity index is 1.93. The van der Waals surface area contributed by atoms with Gasteiger partial charge in [-0.2, -0.15) is 0 Å². The van der Waals surface area contributed by atoms with Crippen molar-refractivity contribution in [3.8, 4) is 0 Å². The minimum absolute atomic E-state index is 0.0828. The second kappa shape index (κ2) is 7.11. The number of nitrogens with one attached hydrogen (secondary N) is 1. The van der Waals surface area contributed by atoms with Gasteiger partial charge in [-0.05, 0) is 41.2 Å². The highest BCUT2D eigenvalue weighted by molar-refractivity contribution is 5.46. The summed E-state index contributed by atoms with van der Waals surface area (Å²) in [5.74, 6) is 0.695. The highest BCUT2D eigenvalue weighted by atomic mass is 16.3. The zero-order valence-corrected chi connectivity index (χ0v) is 12.3. The Bertz CT molecular complexity index is 531. The van der Waals surface area contributed by atoms with E-state index in [1.165, 1.54) is 11.1 Å². The van der Waals surface area contributed by atoms with Gasteiger partial charge in [-0.15, -0.1) is 0 Å². The van der Waals surface area contributed by atoms with Crippen molar-refractivity contribution in [2.75, 3.05) is 5.32 Å². The molecule has 0 fully saturated rings. The van der Waals surface area contributed by atoms with E-state index in [4.69, 9.17) is 5.11 Å². The Hall–Kier alpha value is -1.80. The van der Waals surface area contributed by atoms with Crippen LogP contribution in [0.1, 0.15) is 30.5 Å². The molecule has 2 heteroatoms. The molecule has 0 atom stereocenters. The molecule has 0 heterocycles. The first kappa shape index (κ1) is 14.6. The monoisotopic (exact) mass is 269 g/mol. The summed E-state index contributed by atoms with van der Waals surface area (Å²) >= 11 is 0. The minimum Gasteiger partial charge on any atom is -0.392 e. The number of hydrogen-bond acceptors (Lipinski definition) is 2. The summed E-state index contributed by atoms with van der Waals surface area (Å²) in [7, 11) is 0. The van der Waals surface area contributed by atoms with Crippen LogP contribution in [0, 0.1) is 5.92 Å². The van der Waals surface area contributed by atoms with Crippen LogP contribution in [0.2, 0.25) is 0 Å². The van der Waals surface area contributed by atoms with E-state index in [-0.39, 0.29) is 6.61 Å². The van der Waals surface area contributed by atoms with Gasteiger partial charge in [-0.25, -0.2) is 0 Å². The largest absolute Gasteiger partial charge is 0.392 e. The molecule has 106 valence electrons. The van der Waals surface area contributed by atoms with Crippen LogP contribution in [-0.2, 0) is 19.6 Å². The van der Waals surface area contributed by atoms with Crippen molar-refractivity contribution < 1.29 is 5.11 Å². The van der Waals surface area contributed by atoms with Gasteiger partial charge in [0.25, 0.3) is 0 Å². The highest BCUT2D eigenvalue weighted by Gasteiger charge is 1.99. The molecule has 0 spiro atoms. The number of hydrogen-bond donors (Lipinski definition) is 2. The quantitative estimate of drug-likeness (QED) is 0.831. The predicted molar refractivity (Wildman–Crippen MR) is 84.7 cm³/mol. The molecular formula is C18H23NO. The maximum Gasteiger partial charge on any atom is 0.0682 e. The van der Waals surface area contributed by atoms with Crippen LogP contribution in [0.5, 0.6) is 0 Å². The summed E-state index contributed by atoms with van der Waals surface area (Å²) < 4.78 is 0. The van der Waals surface area contributed by atoms with E-state index in [0.29, 0.717) is 5.92 Å². The molecule has 0 aliphatic heterocycles. The topological polar surface area (TPSA) is 32.3 Å². The maximum absolute atomic E-state index is 9.12. The summed E-state index contributed by atoms with van der Waals surface area (Å²) in [6.45, 7) is 5.36. The highest BCUT2D eigenvalue weighted by Crippen LogP contribution is 2.14. The first-order valence-corrected chi connectivity index (χ1v) is 7.19. The van der Waals surface area contributed by atoms with Crippen molar-refractivity contribution in [1.29, 1.82) is 0 Å². The van der Waals surface area contributed by atoms with E-state index < -0.39 is 0 Å². The van der Waals surface area contributed by atoms with Crippen LogP contribution in [0.15, 0.2) is 48.5 Å². The van der Waals surface area contributed by atoms with E-state index >= 15 is 0 Å². The Labute approximate surface area is 121 Å². The lowest BCUT2D eigenvalue weighted by Crippen LogP contribution is -2.00. The fraction of sp³-hybridized carbons (Fsp3) is 0.333. The van der Waals surface area contributed by atoms with Gasteiger partial charge < -0.3 is 10.4 Å². The van der Waals surface area contributed by atoms with Gasteiger partial charge in [0.1, 0.15) is 0 Å². The predicted octanol–water partition coefficient (Wildman–Crippen LogP) is 3.99. The second-order valence-corrected chi connectivity index (χ2v) is 5.63. The average molecular weight is 269 g/mol. The molecule has 2 N–H and O–H groups in total. The van der Waals surface area contributed by atoms with Crippen molar-refractivity contribution in [3.63, 3.8) is 0 Å². The molecule has 0 saturated carbocycles. The van der Waals surface area contributed by atoms with Crippen LogP contribution in [-0.4, -0.2) is 5.11 Å². The van der Waals surface area contributed by atoms with Gasteiger partial charge in [0.2, 0.25) is 0 Å². The maximum atomic E-state index is 9.12. The molecule has 0 bridgehead atoms. The molecule has 0 saturated heterocycles. The molecule has 2 rings (SSSR count). The number of benzene rings is 2. The first-order valence-electron chi connectivity index (χ1n) is 7.19. The van der Waals surface area contributed by atoms with Gasteiger partial charge in [-0.1, -0.05) is 50.2 Å². The molecular weight excluding hydrogens is 246 g/mol. The van der Waals surface area contributed by atoms with Crippen LogP contribution >= 0.6 is 0 Å². The fourth-order valence-electron chi connectivity index (χ4n) is 2.25. The number of aliphatic hydroxyl groups excluding tert-OH is 1. The molecule has 0 unspecified atom stereocenters. The molecule has 0 aliphatic carbocycles. The third kappa shape index (κ3) is 4.39. The normalized spacial score (nSPS) is 10.8. The van der Waals surface area contributed by atoms with Gasteiger partial charge in [0, 0.05) is 12.2 Å². The minimum atomic E-state index is 0.0828. The lowest BCUT2D eigenvalue weighted by Gasteiger charge is -2.09. The van der Waals surface area contributed by atoms with Crippen molar-refractivity contribution in [3.05, 3.63) is 65.2 Å². The lowest BCUT2D eigenvalue weighted by atomic mass is 10.0. The Morgan fingerprint density at radius 1 is 0.950 bits per heavy atom. The SMILES string of the molecule is CC(C)Cc1ccc(CNc2cccc(CO)c2)cc1. The number of anilines is 1. The lowest BCUT2D eigenvalue weighted by molar-refractivity contribution is 0.282. The molecule has 2 aromatic rings. The zero-order valence-electron chi connectivity index (χ0n) is 12.3. The van der Waals surface area contributed by atoms with Crippen LogP contribution in [0.25, 0.3) is 0 Å². The summed E-state index contributed by atoms with van der Waals surface area (Å²) in [6, 6.07) is 16.7. The van der Waals surface area contributed by atoms with E-state index in [1.54, 1.807) is 0 Å².